The molecule has 3 heteroatoms. The Hall–Kier alpha value is -0.990. The van der Waals surface area contributed by atoms with Crippen LogP contribution in [-0.2, 0) is 13.0 Å². The minimum atomic E-state index is 0.863. The summed E-state index contributed by atoms with van der Waals surface area (Å²) < 4.78 is 0. The molecule has 0 fully saturated rings. The van der Waals surface area contributed by atoms with Crippen LogP contribution in [0.1, 0.15) is 16.8 Å². The number of hydrogen-bond donors (Lipinski definition) is 2. The van der Waals surface area contributed by atoms with E-state index in [0.717, 1.165) is 35.6 Å². The molecule has 2 nitrogen and oxygen atoms in total. The molecular formula is C12H13ClN2. The number of halogens is 1. The maximum absolute atomic E-state index is 6.29. The Balaban J connectivity index is 2.36. The van der Waals surface area contributed by atoms with Crippen molar-refractivity contribution >= 4 is 22.5 Å². The van der Waals surface area contributed by atoms with Crippen LogP contribution < -0.4 is 5.32 Å². The first-order valence-corrected chi connectivity index (χ1v) is 5.64. The predicted octanol–water partition coefficient (Wildman–Crippen LogP) is 2.78. The van der Waals surface area contributed by atoms with Gasteiger partial charge in [0.2, 0.25) is 0 Å². The highest BCUT2D eigenvalue weighted by atomic mass is 35.5. The molecule has 3 rings (SSSR count). The van der Waals surface area contributed by atoms with Crippen molar-refractivity contribution in [1.29, 1.82) is 0 Å². The van der Waals surface area contributed by atoms with E-state index >= 15 is 0 Å². The molecule has 0 saturated carbocycles. The fourth-order valence-electron chi connectivity index (χ4n) is 2.31. The first kappa shape index (κ1) is 9.25. The van der Waals surface area contributed by atoms with Gasteiger partial charge in [0.05, 0.1) is 10.5 Å². The number of aryl methyl sites for hydroxylation is 1. The van der Waals surface area contributed by atoms with Gasteiger partial charge in [-0.1, -0.05) is 23.7 Å². The molecule has 0 amide bonds. The zero-order chi connectivity index (χ0) is 10.4. The largest absolute Gasteiger partial charge is 0.356 e. The van der Waals surface area contributed by atoms with E-state index in [1.807, 2.05) is 6.92 Å². The molecule has 0 atom stereocenters. The minimum absolute atomic E-state index is 0.863. The Bertz CT molecular complexity index is 528. The molecule has 1 aromatic carbocycles. The predicted molar refractivity (Wildman–Crippen MR) is 63.5 cm³/mol. The van der Waals surface area contributed by atoms with Crippen molar-refractivity contribution in [3.05, 3.63) is 34.0 Å². The molecule has 0 spiro atoms. The summed E-state index contributed by atoms with van der Waals surface area (Å²) >= 11 is 6.29. The highest BCUT2D eigenvalue weighted by Crippen LogP contribution is 2.31. The first-order valence-electron chi connectivity index (χ1n) is 5.26. The number of aromatic amines is 1. The highest BCUT2D eigenvalue weighted by Gasteiger charge is 2.16. The van der Waals surface area contributed by atoms with Crippen LogP contribution in [0.4, 0.5) is 0 Å². The molecule has 1 aliphatic heterocycles. The Kier molecular flexibility index (Phi) is 2.01. The smallest absolute Gasteiger partial charge is 0.0676 e. The third kappa shape index (κ3) is 1.29. The maximum Gasteiger partial charge on any atom is 0.0676 e. The molecule has 0 bridgehead atoms. The van der Waals surface area contributed by atoms with Crippen molar-refractivity contribution in [3.63, 3.8) is 0 Å². The molecule has 2 aromatic rings. The van der Waals surface area contributed by atoms with E-state index in [2.05, 4.69) is 22.4 Å². The van der Waals surface area contributed by atoms with Crippen molar-refractivity contribution in [3.8, 4) is 0 Å². The van der Waals surface area contributed by atoms with Crippen LogP contribution in [0.2, 0.25) is 5.02 Å². The Morgan fingerprint density at radius 1 is 1.33 bits per heavy atom. The lowest BCUT2D eigenvalue weighted by atomic mass is 10.0. The van der Waals surface area contributed by atoms with Gasteiger partial charge in [-0.25, -0.2) is 0 Å². The van der Waals surface area contributed by atoms with Gasteiger partial charge in [-0.05, 0) is 31.0 Å². The second kappa shape index (κ2) is 3.26. The zero-order valence-electron chi connectivity index (χ0n) is 8.65. The number of hydrogen-bond acceptors (Lipinski definition) is 1. The SMILES string of the molecule is Cc1ccc2c3c([nH]c2c1Cl)CNCC3. The van der Waals surface area contributed by atoms with Gasteiger partial charge in [0.25, 0.3) is 0 Å². The summed E-state index contributed by atoms with van der Waals surface area (Å²) in [6, 6.07) is 4.28. The van der Waals surface area contributed by atoms with Crippen LogP contribution in [0.15, 0.2) is 12.1 Å². The Morgan fingerprint density at radius 3 is 3.07 bits per heavy atom. The summed E-state index contributed by atoms with van der Waals surface area (Å²) in [7, 11) is 0. The second-order valence-corrected chi connectivity index (χ2v) is 4.51. The van der Waals surface area contributed by atoms with Crippen molar-refractivity contribution in [2.45, 2.75) is 19.9 Å². The molecule has 0 saturated heterocycles. The number of fused-ring (bicyclic) bond motifs is 3. The van der Waals surface area contributed by atoms with Crippen molar-refractivity contribution in [2.24, 2.45) is 0 Å². The summed E-state index contributed by atoms with van der Waals surface area (Å²) in [5, 5.41) is 5.52. The topological polar surface area (TPSA) is 27.8 Å². The average molecular weight is 221 g/mol. The Morgan fingerprint density at radius 2 is 2.20 bits per heavy atom. The van der Waals surface area contributed by atoms with Gasteiger partial charge in [0.15, 0.2) is 0 Å². The number of H-pyrrole nitrogens is 1. The third-order valence-electron chi connectivity index (χ3n) is 3.15. The molecule has 2 N–H and O–H groups in total. The van der Waals surface area contributed by atoms with Gasteiger partial charge in [-0.15, -0.1) is 0 Å². The summed E-state index contributed by atoms with van der Waals surface area (Å²) in [6.07, 6.45) is 1.09. The number of nitrogens with one attached hydrogen (secondary N) is 2. The number of rotatable bonds is 0. The van der Waals surface area contributed by atoms with E-state index in [-0.39, 0.29) is 0 Å². The van der Waals surface area contributed by atoms with E-state index in [1.54, 1.807) is 0 Å². The molecule has 15 heavy (non-hydrogen) atoms. The lowest BCUT2D eigenvalue weighted by Gasteiger charge is -2.12. The molecular weight excluding hydrogens is 208 g/mol. The summed E-state index contributed by atoms with van der Waals surface area (Å²) in [5.74, 6) is 0. The van der Waals surface area contributed by atoms with E-state index in [1.165, 1.54) is 16.6 Å². The Labute approximate surface area is 93.6 Å². The van der Waals surface area contributed by atoms with Crippen molar-refractivity contribution < 1.29 is 0 Å². The van der Waals surface area contributed by atoms with Crippen molar-refractivity contribution in [1.82, 2.24) is 10.3 Å². The number of benzene rings is 1. The molecule has 2 heterocycles. The zero-order valence-corrected chi connectivity index (χ0v) is 9.41. The monoisotopic (exact) mass is 220 g/mol. The van der Waals surface area contributed by atoms with E-state index in [4.69, 9.17) is 11.6 Å². The fourth-order valence-corrected chi connectivity index (χ4v) is 2.52. The summed E-state index contributed by atoms with van der Waals surface area (Å²) in [5.41, 5.74) is 4.97. The van der Waals surface area contributed by atoms with Crippen LogP contribution in [0.25, 0.3) is 10.9 Å². The molecule has 0 aliphatic carbocycles. The van der Waals surface area contributed by atoms with Crippen LogP contribution in [0.5, 0.6) is 0 Å². The highest BCUT2D eigenvalue weighted by molar-refractivity contribution is 6.36. The third-order valence-corrected chi connectivity index (χ3v) is 3.64. The molecule has 0 unspecified atom stereocenters. The molecule has 78 valence electrons. The van der Waals surface area contributed by atoms with Gasteiger partial charge in [-0.2, -0.15) is 0 Å². The lowest BCUT2D eigenvalue weighted by Crippen LogP contribution is -2.22. The lowest BCUT2D eigenvalue weighted by molar-refractivity contribution is 0.637. The molecule has 1 aromatic heterocycles. The van der Waals surface area contributed by atoms with Gasteiger partial charge in [0.1, 0.15) is 0 Å². The molecule has 0 radical (unpaired) electrons. The van der Waals surface area contributed by atoms with Crippen LogP contribution in [-0.4, -0.2) is 11.5 Å². The quantitative estimate of drug-likeness (QED) is 0.702. The van der Waals surface area contributed by atoms with E-state index < -0.39 is 0 Å². The van der Waals surface area contributed by atoms with Crippen LogP contribution in [0.3, 0.4) is 0 Å². The summed E-state index contributed by atoms with van der Waals surface area (Å²) in [6.45, 7) is 4.03. The van der Waals surface area contributed by atoms with E-state index in [9.17, 15) is 0 Å². The van der Waals surface area contributed by atoms with Gasteiger partial charge in [-0.3, -0.25) is 0 Å². The summed E-state index contributed by atoms with van der Waals surface area (Å²) in [4.78, 5) is 3.43. The van der Waals surface area contributed by atoms with Gasteiger partial charge >= 0.3 is 0 Å². The standard InChI is InChI=1S/C12H13ClN2/c1-7-2-3-9-8-4-5-14-6-10(8)15-12(9)11(7)13/h2-3,14-15H,4-6H2,1H3. The second-order valence-electron chi connectivity index (χ2n) is 4.13. The first-order chi connectivity index (χ1) is 7.27. The van der Waals surface area contributed by atoms with Crippen molar-refractivity contribution in [2.75, 3.05) is 6.54 Å². The van der Waals surface area contributed by atoms with Crippen LogP contribution in [0, 0.1) is 6.92 Å². The minimum Gasteiger partial charge on any atom is -0.356 e. The van der Waals surface area contributed by atoms with Crippen LogP contribution >= 0.6 is 11.6 Å². The van der Waals surface area contributed by atoms with Gasteiger partial charge in [0, 0.05) is 17.6 Å². The fraction of sp³-hybridized carbons (Fsp3) is 0.333. The van der Waals surface area contributed by atoms with E-state index in [0.29, 0.717) is 0 Å². The average Bonchev–Trinajstić information content (AvgIpc) is 2.63. The molecule has 1 aliphatic rings. The normalized spacial score (nSPS) is 15.6. The van der Waals surface area contributed by atoms with Gasteiger partial charge < -0.3 is 10.3 Å². The number of aromatic nitrogens is 1. The maximum atomic E-state index is 6.29.